The Morgan fingerprint density at radius 2 is 1.80 bits per heavy atom. The van der Waals surface area contributed by atoms with Gasteiger partial charge in [-0.2, -0.15) is 0 Å². The van der Waals surface area contributed by atoms with Crippen molar-refractivity contribution in [1.82, 2.24) is 0 Å². The summed E-state index contributed by atoms with van der Waals surface area (Å²) < 4.78 is -0.488. The van der Waals surface area contributed by atoms with E-state index in [0.717, 1.165) is 29.5 Å². The first-order chi connectivity index (χ1) is 9.34. The van der Waals surface area contributed by atoms with E-state index in [1.54, 1.807) is 0 Å². The second-order valence-corrected chi connectivity index (χ2v) is 8.29. The SMILES string of the molecule is Cc1c(C(=O)O)cc(C(=O)C(Br)Br)c(C2CCC2)c1C. The second kappa shape index (κ2) is 5.98. The molecule has 1 saturated carbocycles. The fraction of sp³-hybridized carbons (Fsp3) is 0.467. The van der Waals surface area contributed by atoms with Crippen molar-refractivity contribution in [2.45, 2.75) is 42.8 Å². The third-order valence-electron chi connectivity index (χ3n) is 4.16. The van der Waals surface area contributed by atoms with Gasteiger partial charge in [-0.15, -0.1) is 0 Å². The van der Waals surface area contributed by atoms with Crippen LogP contribution in [0.1, 0.15) is 62.6 Å². The minimum absolute atomic E-state index is 0.113. The van der Waals surface area contributed by atoms with E-state index in [-0.39, 0.29) is 11.3 Å². The van der Waals surface area contributed by atoms with Crippen LogP contribution in [0.25, 0.3) is 0 Å². The molecule has 0 aliphatic heterocycles. The van der Waals surface area contributed by atoms with Crippen LogP contribution in [-0.2, 0) is 0 Å². The third-order valence-corrected chi connectivity index (χ3v) is 4.99. The van der Waals surface area contributed by atoms with Gasteiger partial charge in [0.2, 0.25) is 0 Å². The molecule has 20 heavy (non-hydrogen) atoms. The van der Waals surface area contributed by atoms with Crippen LogP contribution in [0.2, 0.25) is 0 Å². The summed E-state index contributed by atoms with van der Waals surface area (Å²) in [5.74, 6) is -0.716. The van der Waals surface area contributed by atoms with E-state index in [0.29, 0.717) is 11.5 Å². The molecule has 0 saturated heterocycles. The monoisotopic (exact) mass is 402 g/mol. The molecule has 0 bridgehead atoms. The van der Waals surface area contributed by atoms with Crippen LogP contribution in [0.15, 0.2) is 6.07 Å². The molecule has 2 rings (SSSR count). The molecule has 1 aromatic rings. The first kappa shape index (κ1) is 15.7. The normalized spacial score (nSPS) is 15.2. The highest BCUT2D eigenvalue weighted by Gasteiger charge is 2.30. The van der Waals surface area contributed by atoms with Crippen molar-refractivity contribution in [3.8, 4) is 0 Å². The zero-order valence-electron chi connectivity index (χ0n) is 11.4. The minimum Gasteiger partial charge on any atom is -0.478 e. The van der Waals surface area contributed by atoms with Crippen LogP contribution >= 0.6 is 31.9 Å². The summed E-state index contributed by atoms with van der Waals surface area (Å²) in [6, 6.07) is 1.54. The van der Waals surface area contributed by atoms with E-state index in [2.05, 4.69) is 31.9 Å². The average molecular weight is 404 g/mol. The quantitative estimate of drug-likeness (QED) is 0.591. The molecule has 1 aliphatic carbocycles. The highest BCUT2D eigenvalue weighted by Crippen LogP contribution is 2.42. The van der Waals surface area contributed by atoms with Crippen molar-refractivity contribution < 1.29 is 14.7 Å². The predicted molar refractivity (Wildman–Crippen MR) is 85.4 cm³/mol. The summed E-state index contributed by atoms with van der Waals surface area (Å²) in [4.78, 5) is 23.7. The Hall–Kier alpha value is -0.680. The molecule has 0 atom stereocenters. The van der Waals surface area contributed by atoms with Gasteiger partial charge in [-0.25, -0.2) is 4.79 Å². The molecular formula is C15H16Br2O3. The first-order valence-electron chi connectivity index (χ1n) is 6.54. The van der Waals surface area contributed by atoms with Gasteiger partial charge >= 0.3 is 5.97 Å². The van der Waals surface area contributed by atoms with Gasteiger partial charge in [0.25, 0.3) is 0 Å². The maximum Gasteiger partial charge on any atom is 0.335 e. The van der Waals surface area contributed by atoms with Crippen LogP contribution in [0.4, 0.5) is 0 Å². The Bertz CT molecular complexity index is 575. The zero-order valence-corrected chi connectivity index (χ0v) is 14.5. The second-order valence-electron chi connectivity index (χ2n) is 5.23. The van der Waals surface area contributed by atoms with E-state index < -0.39 is 9.71 Å². The molecule has 0 amide bonds. The number of rotatable bonds is 4. The summed E-state index contributed by atoms with van der Waals surface area (Å²) in [6.45, 7) is 3.73. The summed E-state index contributed by atoms with van der Waals surface area (Å²) in [7, 11) is 0. The van der Waals surface area contributed by atoms with Crippen molar-refractivity contribution in [3.63, 3.8) is 0 Å². The number of halogens is 2. The average Bonchev–Trinajstić information content (AvgIpc) is 2.31. The van der Waals surface area contributed by atoms with Crippen molar-refractivity contribution >= 4 is 43.6 Å². The van der Waals surface area contributed by atoms with E-state index in [1.165, 1.54) is 12.5 Å². The molecule has 1 N–H and O–H groups in total. The molecule has 0 spiro atoms. The molecule has 0 heterocycles. The number of carbonyl (C=O) groups excluding carboxylic acids is 1. The van der Waals surface area contributed by atoms with Gasteiger partial charge in [0.15, 0.2) is 5.78 Å². The molecule has 1 aromatic carbocycles. The van der Waals surface area contributed by atoms with Crippen molar-refractivity contribution in [3.05, 3.63) is 33.9 Å². The molecule has 1 fully saturated rings. The number of carboxylic acid groups (broad SMARTS) is 1. The number of benzene rings is 1. The third kappa shape index (κ3) is 2.70. The fourth-order valence-electron chi connectivity index (χ4n) is 2.70. The Morgan fingerprint density at radius 3 is 2.20 bits per heavy atom. The van der Waals surface area contributed by atoms with Crippen molar-refractivity contribution in [2.75, 3.05) is 0 Å². The molecule has 3 nitrogen and oxygen atoms in total. The highest BCUT2D eigenvalue weighted by atomic mass is 79.9. The number of Topliss-reactive ketones (excluding diaryl/α,β-unsaturated/α-hetero) is 1. The molecule has 1 aliphatic rings. The van der Waals surface area contributed by atoms with E-state index >= 15 is 0 Å². The van der Waals surface area contributed by atoms with Crippen LogP contribution in [0.3, 0.4) is 0 Å². The standard InChI is InChI=1S/C15H16Br2O3/c1-7-8(2)12(9-4-3-5-9)11(13(18)14(16)17)6-10(7)15(19)20/h6,9,14H,3-5H2,1-2H3,(H,19,20). The van der Waals surface area contributed by atoms with Crippen LogP contribution in [0, 0.1) is 13.8 Å². The Kier molecular flexibility index (Phi) is 4.69. The number of hydrogen-bond acceptors (Lipinski definition) is 2. The van der Waals surface area contributed by atoms with E-state index in [1.807, 2.05) is 13.8 Å². The fourth-order valence-corrected chi connectivity index (χ4v) is 3.20. The largest absolute Gasteiger partial charge is 0.478 e. The Balaban J connectivity index is 2.67. The Labute approximate surface area is 135 Å². The summed E-state index contributed by atoms with van der Waals surface area (Å²) in [5, 5.41) is 9.30. The summed E-state index contributed by atoms with van der Waals surface area (Å²) in [5.41, 5.74) is 3.49. The molecule has 0 radical (unpaired) electrons. The van der Waals surface area contributed by atoms with Gasteiger partial charge in [0, 0.05) is 5.56 Å². The van der Waals surface area contributed by atoms with Crippen LogP contribution in [-0.4, -0.2) is 20.6 Å². The minimum atomic E-state index is -0.986. The number of aromatic carboxylic acids is 1. The summed E-state index contributed by atoms with van der Waals surface area (Å²) in [6.07, 6.45) is 3.31. The smallest absolute Gasteiger partial charge is 0.335 e. The first-order valence-corrected chi connectivity index (χ1v) is 8.37. The lowest BCUT2D eigenvalue weighted by atomic mass is 9.74. The topological polar surface area (TPSA) is 54.4 Å². The Morgan fingerprint density at radius 1 is 1.20 bits per heavy atom. The lowest BCUT2D eigenvalue weighted by Crippen LogP contribution is -2.20. The van der Waals surface area contributed by atoms with Gasteiger partial charge in [-0.1, -0.05) is 38.3 Å². The highest BCUT2D eigenvalue weighted by molar-refractivity contribution is 9.25. The molecule has 108 valence electrons. The molecule has 0 aromatic heterocycles. The number of ketones is 1. The van der Waals surface area contributed by atoms with Crippen molar-refractivity contribution in [1.29, 1.82) is 0 Å². The maximum absolute atomic E-state index is 12.4. The van der Waals surface area contributed by atoms with Gasteiger partial charge in [0.1, 0.15) is 3.74 Å². The van der Waals surface area contributed by atoms with Gasteiger partial charge in [-0.3, -0.25) is 4.79 Å². The van der Waals surface area contributed by atoms with Crippen LogP contribution < -0.4 is 0 Å². The van der Waals surface area contributed by atoms with Gasteiger partial charge < -0.3 is 5.11 Å². The molecule has 5 heteroatoms. The lowest BCUT2D eigenvalue weighted by Gasteiger charge is -2.30. The predicted octanol–water partition coefficient (Wildman–Crippen LogP) is 4.57. The van der Waals surface area contributed by atoms with Crippen LogP contribution in [0.5, 0.6) is 0 Å². The van der Waals surface area contributed by atoms with Gasteiger partial charge in [0.05, 0.1) is 5.56 Å². The number of alkyl halides is 2. The van der Waals surface area contributed by atoms with Gasteiger partial charge in [-0.05, 0) is 55.4 Å². The van der Waals surface area contributed by atoms with E-state index in [4.69, 9.17) is 0 Å². The number of carboxylic acids is 1. The maximum atomic E-state index is 12.4. The summed E-state index contributed by atoms with van der Waals surface area (Å²) >= 11 is 6.45. The van der Waals surface area contributed by atoms with Crippen molar-refractivity contribution in [2.24, 2.45) is 0 Å². The van der Waals surface area contributed by atoms with E-state index in [9.17, 15) is 14.7 Å². The lowest BCUT2D eigenvalue weighted by molar-refractivity contribution is 0.0696. The number of hydrogen-bond donors (Lipinski definition) is 1. The molecular weight excluding hydrogens is 388 g/mol. The number of carbonyl (C=O) groups is 2. The molecule has 0 unspecified atom stereocenters. The zero-order chi connectivity index (χ0) is 15.0.